The van der Waals surface area contributed by atoms with Crippen molar-refractivity contribution in [3.8, 4) is 0 Å². The van der Waals surface area contributed by atoms with E-state index in [0.717, 1.165) is 5.56 Å². The van der Waals surface area contributed by atoms with Gasteiger partial charge < -0.3 is 14.4 Å². The maximum Gasteiger partial charge on any atom is 0.409 e. The number of methoxy groups -OCH3 is 1. The molecule has 0 aromatic heterocycles. The van der Waals surface area contributed by atoms with E-state index < -0.39 is 5.97 Å². The Hall–Kier alpha value is -2.37. The number of hydrogen-bond acceptors (Lipinski definition) is 5. The molecule has 2 atom stereocenters. The number of hydrogen-bond donors (Lipinski definition) is 0. The van der Waals surface area contributed by atoms with Gasteiger partial charge in [-0.2, -0.15) is 0 Å². The highest BCUT2D eigenvalue weighted by molar-refractivity contribution is 5.96. The highest BCUT2D eigenvalue weighted by Gasteiger charge is 2.35. The number of esters is 1. The van der Waals surface area contributed by atoms with Gasteiger partial charge in [-0.1, -0.05) is 30.3 Å². The number of carbonyl (C=O) groups excluding carboxylic acids is 3. The van der Waals surface area contributed by atoms with Crippen LogP contribution in [0.15, 0.2) is 30.3 Å². The van der Waals surface area contributed by atoms with Crippen LogP contribution >= 0.6 is 0 Å². The smallest absolute Gasteiger partial charge is 0.409 e. The second-order valence-corrected chi connectivity index (χ2v) is 6.18. The first kappa shape index (κ1) is 19.0. The Bertz CT molecular complexity index is 601. The van der Waals surface area contributed by atoms with Crippen LogP contribution in [0.1, 0.15) is 31.7 Å². The summed E-state index contributed by atoms with van der Waals surface area (Å²) in [5.41, 5.74) is 1.10. The van der Waals surface area contributed by atoms with Crippen molar-refractivity contribution >= 4 is 17.8 Å². The van der Waals surface area contributed by atoms with E-state index in [1.165, 1.54) is 7.11 Å². The topological polar surface area (TPSA) is 72.9 Å². The van der Waals surface area contributed by atoms with Crippen LogP contribution in [0.4, 0.5) is 4.79 Å². The zero-order chi connectivity index (χ0) is 18.2. The van der Waals surface area contributed by atoms with E-state index in [2.05, 4.69) is 0 Å². The van der Waals surface area contributed by atoms with E-state index in [-0.39, 0.29) is 36.9 Å². The van der Waals surface area contributed by atoms with Crippen LogP contribution in [0.5, 0.6) is 0 Å². The summed E-state index contributed by atoms with van der Waals surface area (Å²) in [6.45, 7) is 2.43. The summed E-state index contributed by atoms with van der Waals surface area (Å²) in [4.78, 5) is 37.7. The third-order valence-electron chi connectivity index (χ3n) is 4.52. The largest absolute Gasteiger partial charge is 0.466 e. The summed E-state index contributed by atoms with van der Waals surface area (Å²) in [5.74, 6) is -0.831. The van der Waals surface area contributed by atoms with Crippen LogP contribution in [0.25, 0.3) is 0 Å². The maximum absolute atomic E-state index is 12.4. The van der Waals surface area contributed by atoms with Gasteiger partial charge in [0.1, 0.15) is 12.2 Å². The lowest BCUT2D eigenvalue weighted by Gasteiger charge is -2.38. The number of carbonyl (C=O) groups is 3. The molecule has 0 bridgehead atoms. The Morgan fingerprint density at radius 1 is 1.20 bits per heavy atom. The number of rotatable bonds is 6. The first-order chi connectivity index (χ1) is 12.0. The van der Waals surface area contributed by atoms with E-state index in [1.807, 2.05) is 30.3 Å². The molecule has 0 saturated carbocycles. The average molecular weight is 347 g/mol. The van der Waals surface area contributed by atoms with E-state index >= 15 is 0 Å². The molecule has 2 rings (SSSR count). The first-order valence-electron chi connectivity index (χ1n) is 8.62. The number of piperidine rings is 1. The molecule has 1 aromatic rings. The zero-order valence-electron chi connectivity index (χ0n) is 14.8. The van der Waals surface area contributed by atoms with Crippen LogP contribution in [0.2, 0.25) is 0 Å². The molecule has 0 aliphatic carbocycles. The number of ether oxygens (including phenoxy) is 2. The molecule has 1 aliphatic heterocycles. The molecule has 1 saturated heterocycles. The molecule has 6 nitrogen and oxygen atoms in total. The SMILES string of the molecule is CCOC(=O)CC(=O)[C@@H]1CCN(C(=O)OC)[C@H](Cc2ccccc2)C1. The van der Waals surface area contributed by atoms with Gasteiger partial charge in [-0.3, -0.25) is 9.59 Å². The van der Waals surface area contributed by atoms with Crippen molar-refractivity contribution in [3.05, 3.63) is 35.9 Å². The molecule has 1 aliphatic rings. The summed E-state index contributed by atoms with van der Waals surface area (Å²) in [6, 6.07) is 9.71. The number of Topliss-reactive ketones (excluding diaryl/α,β-unsaturated/α-hetero) is 1. The summed E-state index contributed by atoms with van der Waals surface area (Å²) in [6.07, 6.45) is 1.15. The third-order valence-corrected chi connectivity index (χ3v) is 4.52. The summed E-state index contributed by atoms with van der Waals surface area (Å²) < 4.78 is 9.74. The molecule has 1 amide bonds. The van der Waals surface area contributed by atoms with Crippen LogP contribution in [0.3, 0.4) is 0 Å². The van der Waals surface area contributed by atoms with Gasteiger partial charge in [0, 0.05) is 18.5 Å². The lowest BCUT2D eigenvalue weighted by Crippen LogP contribution is -2.48. The second-order valence-electron chi connectivity index (χ2n) is 6.18. The summed E-state index contributed by atoms with van der Waals surface area (Å²) in [7, 11) is 1.36. The standard InChI is InChI=1S/C19H25NO5/c1-3-25-18(22)13-17(21)15-9-10-20(19(23)24-2)16(12-15)11-14-7-5-4-6-8-14/h4-8,15-16H,3,9-13H2,1-2H3/t15-,16-/m1/s1. The number of ketones is 1. The Morgan fingerprint density at radius 3 is 2.56 bits per heavy atom. The van der Waals surface area contributed by atoms with E-state index in [4.69, 9.17) is 9.47 Å². The predicted molar refractivity (Wildman–Crippen MR) is 92.0 cm³/mol. The van der Waals surface area contributed by atoms with Gasteiger partial charge in [-0.25, -0.2) is 4.79 Å². The lowest BCUT2D eigenvalue weighted by atomic mass is 9.84. The van der Waals surface area contributed by atoms with Gasteiger partial charge >= 0.3 is 12.1 Å². The zero-order valence-corrected chi connectivity index (χ0v) is 14.8. The normalized spacial score (nSPS) is 20.0. The van der Waals surface area contributed by atoms with Crippen molar-refractivity contribution in [2.24, 2.45) is 5.92 Å². The number of likely N-dealkylation sites (tertiary alicyclic amines) is 1. The van der Waals surface area contributed by atoms with Crippen molar-refractivity contribution in [2.75, 3.05) is 20.3 Å². The Balaban J connectivity index is 2.06. The fourth-order valence-electron chi connectivity index (χ4n) is 3.28. The molecule has 0 spiro atoms. The Morgan fingerprint density at radius 2 is 1.92 bits per heavy atom. The number of amides is 1. The summed E-state index contributed by atoms with van der Waals surface area (Å²) in [5, 5.41) is 0. The summed E-state index contributed by atoms with van der Waals surface area (Å²) >= 11 is 0. The third kappa shape index (κ3) is 5.31. The molecule has 0 unspecified atom stereocenters. The van der Waals surface area contributed by atoms with Crippen molar-refractivity contribution in [1.82, 2.24) is 4.90 Å². The van der Waals surface area contributed by atoms with E-state index in [1.54, 1.807) is 11.8 Å². The molecule has 1 aromatic carbocycles. The lowest BCUT2D eigenvalue weighted by molar-refractivity contribution is -0.146. The van der Waals surface area contributed by atoms with Crippen molar-refractivity contribution in [1.29, 1.82) is 0 Å². The van der Waals surface area contributed by atoms with Crippen LogP contribution in [-0.4, -0.2) is 49.0 Å². The predicted octanol–water partition coefficient (Wildman–Crippen LogP) is 2.60. The molecule has 1 fully saturated rings. The van der Waals surface area contributed by atoms with Crippen LogP contribution in [0, 0.1) is 5.92 Å². The Kier molecular flexibility index (Phi) is 6.98. The minimum absolute atomic E-state index is 0.110. The van der Waals surface area contributed by atoms with Crippen LogP contribution < -0.4 is 0 Å². The highest BCUT2D eigenvalue weighted by atomic mass is 16.5. The van der Waals surface area contributed by atoms with E-state index in [9.17, 15) is 14.4 Å². The highest BCUT2D eigenvalue weighted by Crippen LogP contribution is 2.27. The van der Waals surface area contributed by atoms with E-state index in [0.29, 0.717) is 25.8 Å². The van der Waals surface area contributed by atoms with Gasteiger partial charge in [0.15, 0.2) is 0 Å². The van der Waals surface area contributed by atoms with Crippen LogP contribution in [-0.2, 0) is 25.5 Å². The molecule has 25 heavy (non-hydrogen) atoms. The van der Waals surface area contributed by atoms with Gasteiger partial charge in [0.05, 0.1) is 13.7 Å². The number of benzene rings is 1. The molecular formula is C19H25NO5. The van der Waals surface area contributed by atoms with Crippen molar-refractivity contribution in [3.63, 3.8) is 0 Å². The van der Waals surface area contributed by atoms with Gasteiger partial charge in [0.2, 0.25) is 0 Å². The fraction of sp³-hybridized carbons (Fsp3) is 0.526. The first-order valence-corrected chi connectivity index (χ1v) is 8.62. The molecule has 136 valence electrons. The minimum Gasteiger partial charge on any atom is -0.466 e. The monoisotopic (exact) mass is 347 g/mol. The van der Waals surface area contributed by atoms with Gasteiger partial charge in [0.25, 0.3) is 0 Å². The molecule has 6 heteroatoms. The van der Waals surface area contributed by atoms with Gasteiger partial charge in [-0.05, 0) is 31.7 Å². The van der Waals surface area contributed by atoms with Crippen molar-refractivity contribution < 1.29 is 23.9 Å². The van der Waals surface area contributed by atoms with Crippen molar-refractivity contribution in [2.45, 2.75) is 38.6 Å². The van der Waals surface area contributed by atoms with Gasteiger partial charge in [-0.15, -0.1) is 0 Å². The fourth-order valence-corrected chi connectivity index (χ4v) is 3.28. The molecule has 1 heterocycles. The minimum atomic E-state index is -0.484. The Labute approximate surface area is 148 Å². The molecule has 0 radical (unpaired) electrons. The molecule has 0 N–H and O–H groups in total. The molecular weight excluding hydrogens is 322 g/mol. The average Bonchev–Trinajstić information content (AvgIpc) is 2.62. The maximum atomic E-state index is 12.4. The quantitative estimate of drug-likeness (QED) is 0.584. The number of nitrogens with zero attached hydrogens (tertiary/aromatic N) is 1. The second kappa shape index (κ2) is 9.20.